The zero-order valence-corrected chi connectivity index (χ0v) is 14.5. The van der Waals surface area contributed by atoms with E-state index < -0.39 is 9.84 Å². The van der Waals surface area contributed by atoms with Crippen LogP contribution < -0.4 is 5.32 Å². The van der Waals surface area contributed by atoms with Crippen molar-refractivity contribution in [2.24, 2.45) is 5.92 Å². The second kappa shape index (κ2) is 7.21. The Morgan fingerprint density at radius 3 is 2.74 bits per heavy atom. The van der Waals surface area contributed by atoms with Gasteiger partial charge >= 0.3 is 0 Å². The van der Waals surface area contributed by atoms with Crippen LogP contribution in [0.15, 0.2) is 9.64 Å². The van der Waals surface area contributed by atoms with Crippen LogP contribution >= 0.6 is 11.8 Å². The Morgan fingerprint density at radius 1 is 1.26 bits per heavy atom. The number of carbonyl (C=O) groups excluding carboxylic acids is 1. The monoisotopic (exact) mass is 359 g/mol. The molecule has 1 aliphatic carbocycles. The van der Waals surface area contributed by atoms with Crippen LogP contribution in [-0.2, 0) is 21.1 Å². The molecule has 2 fully saturated rings. The van der Waals surface area contributed by atoms with E-state index in [0.29, 0.717) is 30.0 Å². The molecule has 2 aliphatic rings. The maximum Gasteiger partial charge on any atom is 0.277 e. The molecule has 23 heavy (non-hydrogen) atoms. The SMILES string of the molecule is O=C(CSc1nnc(C[C@H]2CCS(=O)(=O)C2)o1)NC1CCCC1. The first-order valence-corrected chi connectivity index (χ1v) is 10.8. The van der Waals surface area contributed by atoms with E-state index >= 15 is 0 Å². The number of amides is 1. The molecule has 1 amide bonds. The third-order valence-corrected chi connectivity index (χ3v) is 6.94. The van der Waals surface area contributed by atoms with Crippen LogP contribution in [0.1, 0.15) is 38.0 Å². The summed E-state index contributed by atoms with van der Waals surface area (Å²) in [6.45, 7) is 0. The van der Waals surface area contributed by atoms with Crippen molar-refractivity contribution in [3.05, 3.63) is 5.89 Å². The second-order valence-corrected chi connectivity index (χ2v) is 9.43. The van der Waals surface area contributed by atoms with Gasteiger partial charge in [-0.05, 0) is 25.2 Å². The highest BCUT2D eigenvalue weighted by molar-refractivity contribution is 7.99. The topological polar surface area (TPSA) is 102 Å². The van der Waals surface area contributed by atoms with Gasteiger partial charge in [-0.15, -0.1) is 10.2 Å². The van der Waals surface area contributed by atoms with Crippen LogP contribution in [-0.4, -0.2) is 47.8 Å². The van der Waals surface area contributed by atoms with Gasteiger partial charge in [0.1, 0.15) is 0 Å². The van der Waals surface area contributed by atoms with Gasteiger partial charge in [0.2, 0.25) is 11.8 Å². The van der Waals surface area contributed by atoms with Crippen LogP contribution in [0.5, 0.6) is 0 Å². The molecule has 1 aromatic heterocycles. The maximum atomic E-state index is 11.8. The number of rotatable bonds is 6. The molecule has 1 atom stereocenters. The molecule has 3 rings (SSSR count). The van der Waals surface area contributed by atoms with Crippen LogP contribution in [0.3, 0.4) is 0 Å². The smallest absolute Gasteiger partial charge is 0.277 e. The van der Waals surface area contributed by atoms with Gasteiger partial charge in [0.05, 0.1) is 17.3 Å². The van der Waals surface area contributed by atoms with E-state index in [4.69, 9.17) is 4.42 Å². The molecule has 7 nitrogen and oxygen atoms in total. The van der Waals surface area contributed by atoms with Crippen molar-refractivity contribution in [1.82, 2.24) is 15.5 Å². The lowest BCUT2D eigenvalue weighted by Gasteiger charge is -2.10. The molecule has 128 valence electrons. The fourth-order valence-corrected chi connectivity index (χ4v) is 5.58. The Bertz CT molecular complexity index is 653. The highest BCUT2D eigenvalue weighted by Gasteiger charge is 2.29. The van der Waals surface area contributed by atoms with Crippen molar-refractivity contribution in [2.45, 2.75) is 49.8 Å². The van der Waals surface area contributed by atoms with E-state index in [-0.39, 0.29) is 29.1 Å². The fourth-order valence-electron chi connectivity index (χ4n) is 3.13. The lowest BCUT2D eigenvalue weighted by atomic mass is 10.1. The number of hydrogen-bond acceptors (Lipinski definition) is 7. The number of aromatic nitrogens is 2. The molecule has 1 aromatic rings. The van der Waals surface area contributed by atoms with E-state index in [1.165, 1.54) is 24.6 Å². The quantitative estimate of drug-likeness (QED) is 0.761. The van der Waals surface area contributed by atoms with Gasteiger partial charge in [0.15, 0.2) is 9.84 Å². The summed E-state index contributed by atoms with van der Waals surface area (Å²) in [6.07, 6.45) is 5.62. The summed E-state index contributed by atoms with van der Waals surface area (Å²) in [7, 11) is -2.89. The lowest BCUT2D eigenvalue weighted by molar-refractivity contribution is -0.119. The van der Waals surface area contributed by atoms with Crippen LogP contribution in [0, 0.1) is 5.92 Å². The van der Waals surface area contributed by atoms with Gasteiger partial charge in [-0.2, -0.15) is 0 Å². The first-order valence-electron chi connectivity index (χ1n) is 7.95. The Morgan fingerprint density at radius 2 is 2.04 bits per heavy atom. The molecule has 0 unspecified atom stereocenters. The molecule has 0 aromatic carbocycles. The molecule has 9 heteroatoms. The third kappa shape index (κ3) is 4.94. The second-order valence-electron chi connectivity index (χ2n) is 6.27. The maximum absolute atomic E-state index is 11.8. The Kier molecular flexibility index (Phi) is 5.25. The Labute approximate surface area is 139 Å². The van der Waals surface area contributed by atoms with Crippen molar-refractivity contribution in [3.63, 3.8) is 0 Å². The third-order valence-electron chi connectivity index (χ3n) is 4.29. The average molecular weight is 359 g/mol. The number of sulfone groups is 1. The minimum atomic E-state index is -2.89. The van der Waals surface area contributed by atoms with Crippen molar-refractivity contribution in [1.29, 1.82) is 0 Å². The van der Waals surface area contributed by atoms with Crippen LogP contribution in [0.4, 0.5) is 0 Å². The minimum Gasteiger partial charge on any atom is -0.416 e. The molecule has 1 saturated carbocycles. The summed E-state index contributed by atoms with van der Waals surface area (Å²) in [4.78, 5) is 11.8. The minimum absolute atomic E-state index is 0.0106. The zero-order valence-electron chi connectivity index (χ0n) is 12.9. The average Bonchev–Trinajstić information content (AvgIpc) is 3.20. The highest BCUT2D eigenvalue weighted by Crippen LogP contribution is 2.24. The van der Waals surface area contributed by atoms with Crippen LogP contribution in [0.2, 0.25) is 0 Å². The molecule has 1 saturated heterocycles. The molecular weight excluding hydrogens is 338 g/mol. The summed E-state index contributed by atoms with van der Waals surface area (Å²) >= 11 is 1.22. The zero-order chi connectivity index (χ0) is 16.3. The van der Waals surface area contributed by atoms with E-state index in [1.54, 1.807) is 0 Å². The lowest BCUT2D eigenvalue weighted by Crippen LogP contribution is -2.33. The molecule has 1 aliphatic heterocycles. The summed E-state index contributed by atoms with van der Waals surface area (Å²) in [5.41, 5.74) is 0. The van der Waals surface area contributed by atoms with Gasteiger partial charge in [0, 0.05) is 12.5 Å². The van der Waals surface area contributed by atoms with Gasteiger partial charge in [-0.3, -0.25) is 4.79 Å². The summed E-state index contributed by atoms with van der Waals surface area (Å²) in [5, 5.41) is 11.2. The van der Waals surface area contributed by atoms with Gasteiger partial charge in [-0.1, -0.05) is 24.6 Å². The summed E-state index contributed by atoms with van der Waals surface area (Å²) < 4.78 is 28.4. The summed E-state index contributed by atoms with van der Waals surface area (Å²) in [5.74, 6) is 1.20. The van der Waals surface area contributed by atoms with Crippen LogP contribution in [0.25, 0.3) is 0 Å². The Balaban J connectivity index is 1.43. The van der Waals surface area contributed by atoms with E-state index in [2.05, 4.69) is 15.5 Å². The predicted octanol–water partition coefficient (Wildman–Crippen LogP) is 1.20. The first-order chi connectivity index (χ1) is 11.0. The summed E-state index contributed by atoms with van der Waals surface area (Å²) in [6, 6.07) is 0.311. The van der Waals surface area contributed by atoms with Crippen molar-refractivity contribution < 1.29 is 17.6 Å². The number of nitrogens with zero attached hydrogens (tertiary/aromatic N) is 2. The Hall–Kier alpha value is -1.09. The number of thioether (sulfide) groups is 1. The van der Waals surface area contributed by atoms with E-state index in [0.717, 1.165) is 12.8 Å². The van der Waals surface area contributed by atoms with Gasteiger partial charge in [0.25, 0.3) is 5.22 Å². The first kappa shape index (κ1) is 16.8. The highest BCUT2D eigenvalue weighted by atomic mass is 32.2. The number of nitrogens with one attached hydrogen (secondary N) is 1. The standard InChI is InChI=1S/C14H21N3O4S2/c18-12(15-11-3-1-2-4-11)8-22-14-17-16-13(21-14)7-10-5-6-23(19,20)9-10/h10-11H,1-9H2,(H,15,18)/t10-/m1/s1. The normalized spacial score (nSPS) is 24.1. The predicted molar refractivity (Wildman–Crippen MR) is 85.9 cm³/mol. The number of carbonyl (C=O) groups is 1. The molecule has 2 heterocycles. The molecule has 0 bridgehead atoms. The largest absolute Gasteiger partial charge is 0.416 e. The van der Waals surface area contributed by atoms with Crippen molar-refractivity contribution in [2.75, 3.05) is 17.3 Å². The number of hydrogen-bond donors (Lipinski definition) is 1. The van der Waals surface area contributed by atoms with Crippen molar-refractivity contribution >= 4 is 27.5 Å². The molecule has 0 spiro atoms. The van der Waals surface area contributed by atoms with Gasteiger partial charge < -0.3 is 9.73 Å². The molecule has 0 radical (unpaired) electrons. The molecular formula is C14H21N3O4S2. The van der Waals surface area contributed by atoms with Crippen molar-refractivity contribution in [3.8, 4) is 0 Å². The fraction of sp³-hybridized carbons (Fsp3) is 0.786. The molecule has 1 N–H and O–H groups in total. The van der Waals surface area contributed by atoms with E-state index in [9.17, 15) is 13.2 Å². The van der Waals surface area contributed by atoms with E-state index in [1.807, 2.05) is 0 Å². The van der Waals surface area contributed by atoms with Gasteiger partial charge in [-0.25, -0.2) is 8.42 Å².